The first-order chi connectivity index (χ1) is 5.11. The van der Waals surface area contributed by atoms with Gasteiger partial charge in [0.05, 0.1) is 11.9 Å². The number of anilines is 2. The summed E-state index contributed by atoms with van der Waals surface area (Å²) in [5.41, 5.74) is 11.4. The molecule has 0 bridgehead atoms. The molecular formula is C7H17N5. The molecule has 0 fully saturated rings. The third-order valence-corrected chi connectivity index (χ3v) is 1.38. The topological polar surface area (TPSA) is 113 Å². The molecule has 0 aromatic carbocycles. The Balaban J connectivity index is 0. The molecule has 0 radical (unpaired) electrons. The van der Waals surface area contributed by atoms with Crippen molar-refractivity contribution >= 4 is 11.5 Å². The zero-order chi connectivity index (χ0) is 8.43. The summed E-state index contributed by atoms with van der Waals surface area (Å²) < 4.78 is 0. The van der Waals surface area contributed by atoms with E-state index >= 15 is 0 Å². The highest BCUT2D eigenvalue weighted by molar-refractivity contribution is 5.55. The van der Waals surface area contributed by atoms with Gasteiger partial charge in [-0.1, -0.05) is 13.8 Å². The van der Waals surface area contributed by atoms with Crippen LogP contribution in [0.25, 0.3) is 0 Å². The molecule has 0 saturated heterocycles. The van der Waals surface area contributed by atoms with Crippen LogP contribution in [-0.4, -0.2) is 9.97 Å². The number of hydrogen-bond acceptors (Lipinski definition) is 5. The van der Waals surface area contributed by atoms with Crippen LogP contribution in [0.5, 0.6) is 0 Å². The van der Waals surface area contributed by atoms with E-state index in [-0.39, 0.29) is 13.5 Å². The first kappa shape index (κ1) is 10.6. The van der Waals surface area contributed by atoms with E-state index in [1.807, 2.05) is 13.8 Å². The van der Waals surface area contributed by atoms with Crippen LogP contribution in [0.4, 0.5) is 11.5 Å². The van der Waals surface area contributed by atoms with Crippen molar-refractivity contribution in [2.75, 3.05) is 11.5 Å². The molecule has 0 amide bonds. The minimum atomic E-state index is 0. The molecule has 7 N–H and O–H groups in total. The summed E-state index contributed by atoms with van der Waals surface area (Å²) >= 11 is 0. The van der Waals surface area contributed by atoms with Crippen molar-refractivity contribution in [1.82, 2.24) is 16.1 Å². The van der Waals surface area contributed by atoms with Crippen LogP contribution in [0.2, 0.25) is 0 Å². The fourth-order valence-corrected chi connectivity index (χ4v) is 0.697. The molecule has 0 aliphatic heterocycles. The van der Waals surface area contributed by atoms with Gasteiger partial charge in [-0.05, 0) is 0 Å². The zero-order valence-electron chi connectivity index (χ0n) is 7.41. The molecule has 0 atom stereocenters. The molecular weight excluding hydrogens is 154 g/mol. The second kappa shape index (κ2) is 3.87. The van der Waals surface area contributed by atoms with E-state index in [4.69, 9.17) is 11.5 Å². The summed E-state index contributed by atoms with van der Waals surface area (Å²) in [7, 11) is 0. The Labute approximate surface area is 73.3 Å². The fourth-order valence-electron chi connectivity index (χ4n) is 0.697. The average molecular weight is 171 g/mol. The summed E-state index contributed by atoms with van der Waals surface area (Å²) in [6.07, 6.45) is 1.54. The van der Waals surface area contributed by atoms with Crippen molar-refractivity contribution < 1.29 is 1.43 Å². The van der Waals surface area contributed by atoms with Crippen molar-refractivity contribution in [1.29, 1.82) is 0 Å². The molecule has 0 aliphatic carbocycles. The quantitative estimate of drug-likeness (QED) is 0.587. The number of nitrogens with two attached hydrogens (primary N) is 2. The first-order valence-electron chi connectivity index (χ1n) is 3.49. The monoisotopic (exact) mass is 171 g/mol. The highest BCUT2D eigenvalue weighted by atomic mass is 15.0. The van der Waals surface area contributed by atoms with Gasteiger partial charge in [0.2, 0.25) is 0 Å². The van der Waals surface area contributed by atoms with E-state index in [2.05, 4.69) is 9.97 Å². The molecule has 1 aromatic heterocycles. The van der Waals surface area contributed by atoms with Crippen LogP contribution in [0, 0.1) is 0 Å². The Kier molecular flexibility index (Phi) is 3.43. The molecule has 5 heteroatoms. The Morgan fingerprint density at radius 2 is 2.00 bits per heavy atom. The van der Waals surface area contributed by atoms with Crippen LogP contribution in [0.15, 0.2) is 6.20 Å². The Morgan fingerprint density at radius 3 is 2.42 bits per heavy atom. The summed E-state index contributed by atoms with van der Waals surface area (Å²) in [4.78, 5) is 8.04. The maximum atomic E-state index is 5.48. The fraction of sp³-hybridized carbons (Fsp3) is 0.429. The number of nitrogen functional groups attached to an aromatic ring is 2. The lowest BCUT2D eigenvalue weighted by Crippen LogP contribution is -2.04. The SMILES string of the molecule is CC(C)c1ncc(N)c(N)n1.N.[HH]. The van der Waals surface area contributed by atoms with Gasteiger partial charge in [-0.3, -0.25) is 0 Å². The smallest absolute Gasteiger partial charge is 0.150 e. The summed E-state index contributed by atoms with van der Waals surface area (Å²) in [5.74, 6) is 1.39. The predicted molar refractivity (Wildman–Crippen MR) is 52.1 cm³/mol. The molecule has 1 rings (SSSR count). The lowest BCUT2D eigenvalue weighted by atomic mass is 10.2. The number of aromatic nitrogens is 2. The summed E-state index contributed by atoms with van der Waals surface area (Å²) in [6.45, 7) is 4.01. The van der Waals surface area contributed by atoms with Crippen LogP contribution in [0.3, 0.4) is 0 Å². The third kappa shape index (κ3) is 2.06. The molecule has 0 saturated carbocycles. The van der Waals surface area contributed by atoms with Crippen molar-refractivity contribution in [2.24, 2.45) is 0 Å². The van der Waals surface area contributed by atoms with E-state index < -0.39 is 0 Å². The van der Waals surface area contributed by atoms with Crippen LogP contribution in [0.1, 0.15) is 27.0 Å². The second-order valence-corrected chi connectivity index (χ2v) is 2.72. The van der Waals surface area contributed by atoms with Gasteiger partial charge in [0, 0.05) is 7.34 Å². The minimum absolute atomic E-state index is 0. The molecule has 5 nitrogen and oxygen atoms in total. The molecule has 0 aliphatic rings. The lowest BCUT2D eigenvalue weighted by Gasteiger charge is -2.04. The van der Waals surface area contributed by atoms with E-state index in [0.717, 1.165) is 5.82 Å². The maximum Gasteiger partial charge on any atom is 0.150 e. The van der Waals surface area contributed by atoms with Gasteiger partial charge in [-0.2, -0.15) is 0 Å². The average Bonchev–Trinajstić information content (AvgIpc) is 1.94. The third-order valence-electron chi connectivity index (χ3n) is 1.38. The van der Waals surface area contributed by atoms with Crippen LogP contribution in [-0.2, 0) is 0 Å². The van der Waals surface area contributed by atoms with Gasteiger partial charge >= 0.3 is 0 Å². The van der Waals surface area contributed by atoms with Crippen LogP contribution >= 0.6 is 0 Å². The lowest BCUT2D eigenvalue weighted by molar-refractivity contribution is 0.778. The van der Waals surface area contributed by atoms with Crippen molar-refractivity contribution in [3.8, 4) is 0 Å². The van der Waals surface area contributed by atoms with Crippen molar-refractivity contribution in [3.05, 3.63) is 12.0 Å². The van der Waals surface area contributed by atoms with Gasteiger partial charge in [0.15, 0.2) is 0 Å². The Hall–Kier alpha value is -1.36. The predicted octanol–water partition coefficient (Wildman–Crippen LogP) is 1.17. The Morgan fingerprint density at radius 1 is 1.42 bits per heavy atom. The summed E-state index contributed by atoms with van der Waals surface area (Å²) in [6, 6.07) is 0. The second-order valence-electron chi connectivity index (χ2n) is 2.72. The Bertz CT molecular complexity index is 263. The largest absolute Gasteiger partial charge is 0.394 e. The van der Waals surface area contributed by atoms with E-state index in [1.165, 1.54) is 6.20 Å². The summed E-state index contributed by atoms with van der Waals surface area (Å²) in [5, 5.41) is 0. The van der Waals surface area contributed by atoms with Gasteiger partial charge in [0.1, 0.15) is 11.6 Å². The zero-order valence-corrected chi connectivity index (χ0v) is 7.41. The minimum Gasteiger partial charge on any atom is -0.394 e. The highest BCUT2D eigenvalue weighted by Gasteiger charge is 2.03. The normalized spacial score (nSPS) is 9.58. The van der Waals surface area contributed by atoms with Gasteiger partial charge in [-0.15, -0.1) is 0 Å². The number of nitrogens with zero attached hydrogens (tertiary/aromatic N) is 2. The number of rotatable bonds is 1. The van der Waals surface area contributed by atoms with E-state index in [1.54, 1.807) is 0 Å². The number of hydrogen-bond donors (Lipinski definition) is 3. The van der Waals surface area contributed by atoms with Crippen molar-refractivity contribution in [3.63, 3.8) is 0 Å². The molecule has 1 aromatic rings. The molecule has 70 valence electrons. The molecule has 12 heavy (non-hydrogen) atoms. The maximum absolute atomic E-state index is 5.48. The first-order valence-corrected chi connectivity index (χ1v) is 3.49. The standard InChI is InChI=1S/C7H12N4.H3N.H2/c1-4(2)7-10-3-5(8)6(9)11-7;;/h3-4H,8H2,1-2H3,(H2,9,10,11);1H3;1H. The molecule has 1 heterocycles. The van der Waals surface area contributed by atoms with E-state index in [9.17, 15) is 0 Å². The van der Waals surface area contributed by atoms with Crippen molar-refractivity contribution in [2.45, 2.75) is 19.8 Å². The van der Waals surface area contributed by atoms with Crippen LogP contribution < -0.4 is 17.6 Å². The highest BCUT2D eigenvalue weighted by Crippen LogP contribution is 2.13. The molecule has 0 unspecified atom stereocenters. The van der Waals surface area contributed by atoms with Gasteiger partial charge in [0.25, 0.3) is 0 Å². The van der Waals surface area contributed by atoms with E-state index in [0.29, 0.717) is 11.5 Å². The van der Waals surface area contributed by atoms with Gasteiger partial charge in [-0.25, -0.2) is 9.97 Å². The molecule has 0 spiro atoms. The van der Waals surface area contributed by atoms with Gasteiger partial charge < -0.3 is 17.6 Å².